The summed E-state index contributed by atoms with van der Waals surface area (Å²) in [5.74, 6) is 1.46. The fourth-order valence-electron chi connectivity index (χ4n) is 2.09. The van der Waals surface area contributed by atoms with Crippen molar-refractivity contribution in [2.24, 2.45) is 7.05 Å². The second kappa shape index (κ2) is 8.73. The highest BCUT2D eigenvalue weighted by Gasteiger charge is 2.13. The van der Waals surface area contributed by atoms with Gasteiger partial charge in [0.05, 0.1) is 11.4 Å². The third kappa shape index (κ3) is 5.21. The Balaban J connectivity index is 1.52. The number of carbonyl (C=O) groups excluding carboxylic acids is 1. The number of thiazole rings is 1. The van der Waals surface area contributed by atoms with Crippen molar-refractivity contribution in [1.29, 1.82) is 0 Å². The molecule has 0 aliphatic carbocycles. The van der Waals surface area contributed by atoms with E-state index in [2.05, 4.69) is 20.5 Å². The molecule has 0 unspecified atom stereocenters. The highest BCUT2D eigenvalue weighted by molar-refractivity contribution is 7.99. The fraction of sp³-hybridized carbons (Fsp3) is 0.294. The molecular formula is C17H18ClN5O2S2. The minimum atomic E-state index is -0.129. The molecule has 0 radical (unpaired) electrons. The predicted octanol–water partition coefficient (Wildman–Crippen LogP) is 3.85. The summed E-state index contributed by atoms with van der Waals surface area (Å²) in [6.45, 7) is 4.17. The highest BCUT2D eigenvalue weighted by atomic mass is 35.5. The number of anilines is 1. The van der Waals surface area contributed by atoms with Crippen molar-refractivity contribution < 1.29 is 9.53 Å². The molecule has 10 heteroatoms. The highest BCUT2D eigenvalue weighted by Crippen LogP contribution is 2.22. The van der Waals surface area contributed by atoms with E-state index in [4.69, 9.17) is 16.3 Å². The lowest BCUT2D eigenvalue weighted by Crippen LogP contribution is -2.14. The SMILES string of the molecule is Cc1nc(NC(=O)CSc2nnc(COc3ccc(Cl)cc3)n2C)sc1C. The Morgan fingerprint density at radius 3 is 2.70 bits per heavy atom. The predicted molar refractivity (Wildman–Crippen MR) is 108 cm³/mol. The Labute approximate surface area is 170 Å². The van der Waals surface area contributed by atoms with Crippen LogP contribution in [0, 0.1) is 13.8 Å². The summed E-state index contributed by atoms with van der Waals surface area (Å²) in [7, 11) is 1.84. The van der Waals surface area contributed by atoms with Gasteiger partial charge in [-0.2, -0.15) is 0 Å². The monoisotopic (exact) mass is 423 g/mol. The number of hydrogen-bond donors (Lipinski definition) is 1. The van der Waals surface area contributed by atoms with Crippen LogP contribution in [0.4, 0.5) is 5.13 Å². The molecule has 0 atom stereocenters. The number of nitrogens with zero attached hydrogens (tertiary/aromatic N) is 4. The Hall–Kier alpha value is -2.10. The van der Waals surface area contributed by atoms with E-state index in [0.29, 0.717) is 26.9 Å². The molecule has 0 aliphatic rings. The lowest BCUT2D eigenvalue weighted by Gasteiger charge is -2.06. The first-order valence-corrected chi connectivity index (χ1v) is 10.2. The molecule has 0 fully saturated rings. The van der Waals surface area contributed by atoms with E-state index in [-0.39, 0.29) is 18.3 Å². The standard InChI is InChI=1S/C17H18ClN5O2S2/c1-10-11(2)27-16(19-10)20-15(24)9-26-17-22-21-14(23(17)3)8-25-13-6-4-12(18)5-7-13/h4-7H,8-9H2,1-3H3,(H,19,20,24). The molecule has 0 aliphatic heterocycles. The lowest BCUT2D eigenvalue weighted by atomic mass is 10.3. The maximum atomic E-state index is 12.1. The largest absolute Gasteiger partial charge is 0.486 e. The van der Waals surface area contributed by atoms with Gasteiger partial charge < -0.3 is 14.6 Å². The summed E-state index contributed by atoms with van der Waals surface area (Å²) in [5, 5.41) is 13.0. The minimum Gasteiger partial charge on any atom is -0.486 e. The number of aromatic nitrogens is 4. The second-order valence-electron chi connectivity index (χ2n) is 5.70. The zero-order chi connectivity index (χ0) is 19.4. The number of amides is 1. The van der Waals surface area contributed by atoms with Crippen LogP contribution >= 0.6 is 34.7 Å². The van der Waals surface area contributed by atoms with E-state index >= 15 is 0 Å². The van der Waals surface area contributed by atoms with E-state index in [9.17, 15) is 4.79 Å². The fourth-order valence-corrected chi connectivity index (χ4v) is 3.77. The van der Waals surface area contributed by atoms with Crippen molar-refractivity contribution in [3.05, 3.63) is 45.7 Å². The number of benzene rings is 1. The van der Waals surface area contributed by atoms with Crippen molar-refractivity contribution >= 4 is 45.7 Å². The molecule has 0 spiro atoms. The van der Waals surface area contributed by atoms with Gasteiger partial charge in [0.1, 0.15) is 12.4 Å². The Morgan fingerprint density at radius 1 is 1.30 bits per heavy atom. The van der Waals surface area contributed by atoms with E-state index in [1.807, 2.05) is 25.5 Å². The molecule has 1 N–H and O–H groups in total. The topological polar surface area (TPSA) is 81.9 Å². The van der Waals surface area contributed by atoms with Gasteiger partial charge in [-0.25, -0.2) is 4.98 Å². The molecule has 2 heterocycles. The van der Waals surface area contributed by atoms with Crippen LogP contribution in [0.5, 0.6) is 5.75 Å². The van der Waals surface area contributed by atoms with Crippen LogP contribution in [-0.4, -0.2) is 31.4 Å². The van der Waals surface area contributed by atoms with Crippen LogP contribution in [0.1, 0.15) is 16.4 Å². The van der Waals surface area contributed by atoms with Crippen LogP contribution in [0.25, 0.3) is 0 Å². The van der Waals surface area contributed by atoms with Crippen LogP contribution in [0.3, 0.4) is 0 Å². The summed E-state index contributed by atoms with van der Waals surface area (Å²) in [6, 6.07) is 7.11. The first-order chi connectivity index (χ1) is 12.9. The first kappa shape index (κ1) is 19.7. The molecule has 0 saturated carbocycles. The van der Waals surface area contributed by atoms with Crippen LogP contribution in [0.2, 0.25) is 5.02 Å². The quantitative estimate of drug-likeness (QED) is 0.581. The number of nitrogens with one attached hydrogen (secondary N) is 1. The number of ether oxygens (including phenoxy) is 1. The number of rotatable bonds is 7. The maximum Gasteiger partial charge on any atom is 0.236 e. The van der Waals surface area contributed by atoms with Gasteiger partial charge in [0.15, 0.2) is 16.1 Å². The average Bonchev–Trinajstić information content (AvgIpc) is 3.14. The van der Waals surface area contributed by atoms with E-state index < -0.39 is 0 Å². The molecule has 142 valence electrons. The van der Waals surface area contributed by atoms with Gasteiger partial charge in [-0.1, -0.05) is 23.4 Å². The van der Waals surface area contributed by atoms with Gasteiger partial charge in [0.25, 0.3) is 0 Å². The maximum absolute atomic E-state index is 12.1. The molecule has 3 rings (SSSR count). The van der Waals surface area contributed by atoms with Crippen LogP contribution < -0.4 is 10.1 Å². The Morgan fingerprint density at radius 2 is 2.04 bits per heavy atom. The van der Waals surface area contributed by atoms with E-state index in [0.717, 1.165) is 10.6 Å². The lowest BCUT2D eigenvalue weighted by molar-refractivity contribution is -0.113. The summed E-state index contributed by atoms with van der Waals surface area (Å²) < 4.78 is 7.49. The van der Waals surface area contributed by atoms with E-state index in [1.54, 1.807) is 24.3 Å². The van der Waals surface area contributed by atoms with Crippen molar-refractivity contribution in [2.75, 3.05) is 11.1 Å². The first-order valence-electron chi connectivity index (χ1n) is 8.05. The molecule has 0 bridgehead atoms. The van der Waals surface area contributed by atoms with Gasteiger partial charge in [0.2, 0.25) is 5.91 Å². The summed E-state index contributed by atoms with van der Waals surface area (Å²) in [6.07, 6.45) is 0. The Kier molecular flexibility index (Phi) is 6.35. The van der Waals surface area contributed by atoms with Gasteiger partial charge in [-0.3, -0.25) is 4.79 Å². The summed E-state index contributed by atoms with van der Waals surface area (Å²) in [4.78, 5) is 17.5. The van der Waals surface area contributed by atoms with Crippen molar-refractivity contribution in [3.8, 4) is 5.75 Å². The third-order valence-electron chi connectivity index (χ3n) is 3.71. The molecule has 2 aromatic heterocycles. The molecular weight excluding hydrogens is 406 g/mol. The normalized spacial score (nSPS) is 10.8. The van der Waals surface area contributed by atoms with Crippen molar-refractivity contribution in [2.45, 2.75) is 25.6 Å². The van der Waals surface area contributed by atoms with Crippen molar-refractivity contribution in [1.82, 2.24) is 19.7 Å². The number of carbonyl (C=O) groups is 1. The zero-order valence-corrected chi connectivity index (χ0v) is 17.4. The van der Waals surface area contributed by atoms with Gasteiger partial charge >= 0.3 is 0 Å². The summed E-state index contributed by atoms with van der Waals surface area (Å²) >= 11 is 8.63. The number of halogens is 1. The van der Waals surface area contributed by atoms with Gasteiger partial charge in [-0.15, -0.1) is 21.5 Å². The smallest absolute Gasteiger partial charge is 0.236 e. The Bertz CT molecular complexity index is 920. The van der Waals surface area contributed by atoms with Gasteiger partial charge in [0, 0.05) is 16.9 Å². The zero-order valence-electron chi connectivity index (χ0n) is 15.0. The average molecular weight is 424 g/mol. The number of thioether (sulfide) groups is 1. The minimum absolute atomic E-state index is 0.129. The van der Waals surface area contributed by atoms with Crippen molar-refractivity contribution in [3.63, 3.8) is 0 Å². The number of hydrogen-bond acceptors (Lipinski definition) is 7. The molecule has 27 heavy (non-hydrogen) atoms. The van der Waals surface area contributed by atoms with Gasteiger partial charge in [-0.05, 0) is 38.1 Å². The molecule has 3 aromatic rings. The van der Waals surface area contributed by atoms with Crippen LogP contribution in [0.15, 0.2) is 29.4 Å². The number of aryl methyl sites for hydroxylation is 2. The second-order valence-corrected chi connectivity index (χ2v) is 8.28. The molecule has 1 aromatic carbocycles. The molecule has 7 nitrogen and oxygen atoms in total. The van der Waals surface area contributed by atoms with E-state index in [1.165, 1.54) is 23.1 Å². The van der Waals surface area contributed by atoms with Crippen LogP contribution in [-0.2, 0) is 18.4 Å². The molecule has 1 amide bonds. The summed E-state index contributed by atoms with van der Waals surface area (Å²) in [5.41, 5.74) is 0.932. The molecule has 0 saturated heterocycles. The third-order valence-corrected chi connectivity index (χ3v) is 5.97.